The van der Waals surface area contributed by atoms with Crippen LogP contribution in [0.15, 0.2) is 50.8 Å². The maximum atomic E-state index is 12.4. The van der Waals surface area contributed by atoms with Crippen molar-refractivity contribution in [2.75, 3.05) is 38.2 Å². The normalized spacial score (nSPS) is 16.3. The molecule has 2 aromatic heterocycles. The van der Waals surface area contributed by atoms with E-state index >= 15 is 0 Å². The summed E-state index contributed by atoms with van der Waals surface area (Å²) in [6, 6.07) is 8.26. The predicted octanol–water partition coefficient (Wildman–Crippen LogP) is 1.89. The monoisotopic (exact) mass is 398 g/mol. The van der Waals surface area contributed by atoms with Gasteiger partial charge in [0.1, 0.15) is 23.7 Å². The number of hydrogen-bond donors (Lipinski definition) is 1. The Hall–Kier alpha value is -3.00. The molecule has 154 valence electrons. The number of nitrogens with one attached hydrogen (secondary N) is 1. The van der Waals surface area contributed by atoms with E-state index in [1.165, 1.54) is 12.5 Å². The molecule has 1 N–H and O–H groups in total. The van der Waals surface area contributed by atoms with Gasteiger partial charge in [-0.1, -0.05) is 19.1 Å². The summed E-state index contributed by atoms with van der Waals surface area (Å²) in [6.07, 6.45) is 3.76. The number of aromatic nitrogens is 2. The van der Waals surface area contributed by atoms with Crippen molar-refractivity contribution in [3.8, 4) is 5.75 Å². The number of rotatable bonds is 6. The SMILES string of the molecule is CCC(Cn1c(=O)[nH]c(=O)c2cocc21)N1CCN(c2ccccc2OC)CC1. The van der Waals surface area contributed by atoms with Gasteiger partial charge in [0.2, 0.25) is 0 Å². The number of hydrogen-bond acceptors (Lipinski definition) is 6. The van der Waals surface area contributed by atoms with Crippen molar-refractivity contribution in [2.45, 2.75) is 25.9 Å². The lowest BCUT2D eigenvalue weighted by Crippen LogP contribution is -2.52. The molecular weight excluding hydrogens is 372 g/mol. The van der Waals surface area contributed by atoms with Crippen molar-refractivity contribution in [2.24, 2.45) is 0 Å². The Labute approximate surface area is 168 Å². The second-order valence-corrected chi connectivity index (χ2v) is 7.30. The van der Waals surface area contributed by atoms with Crippen LogP contribution in [0.2, 0.25) is 0 Å². The predicted molar refractivity (Wildman–Crippen MR) is 112 cm³/mol. The molecule has 8 heteroatoms. The van der Waals surface area contributed by atoms with Crippen LogP contribution in [0.3, 0.4) is 0 Å². The third-order valence-corrected chi connectivity index (χ3v) is 5.76. The number of furan rings is 1. The zero-order valence-corrected chi connectivity index (χ0v) is 16.8. The Bertz CT molecular complexity index is 1090. The standard InChI is InChI=1S/C21H26N4O4/c1-3-15(12-25-18-14-29-13-16(18)20(26)22-21(25)27)23-8-10-24(11-9-23)17-6-4-5-7-19(17)28-2/h4-7,13-15H,3,8-12H2,1-2H3,(H,22,26,27). The largest absolute Gasteiger partial charge is 0.495 e. The van der Waals surface area contributed by atoms with Crippen LogP contribution in [0.4, 0.5) is 5.69 Å². The van der Waals surface area contributed by atoms with Gasteiger partial charge in [-0.2, -0.15) is 0 Å². The topological polar surface area (TPSA) is 83.7 Å². The quantitative estimate of drug-likeness (QED) is 0.683. The first-order chi connectivity index (χ1) is 14.1. The Kier molecular flexibility index (Phi) is 5.44. The van der Waals surface area contributed by atoms with Gasteiger partial charge in [0.05, 0.1) is 18.3 Å². The van der Waals surface area contributed by atoms with E-state index in [1.807, 2.05) is 18.2 Å². The lowest BCUT2D eigenvalue weighted by molar-refractivity contribution is 0.163. The van der Waals surface area contributed by atoms with Crippen molar-refractivity contribution < 1.29 is 9.15 Å². The van der Waals surface area contributed by atoms with Crippen molar-refractivity contribution in [3.63, 3.8) is 0 Å². The first kappa shape index (κ1) is 19.3. The van der Waals surface area contributed by atoms with Crippen LogP contribution in [0.1, 0.15) is 13.3 Å². The Morgan fingerprint density at radius 1 is 1.14 bits per heavy atom. The van der Waals surface area contributed by atoms with E-state index in [0.29, 0.717) is 17.4 Å². The number of H-pyrrole nitrogens is 1. The van der Waals surface area contributed by atoms with Gasteiger partial charge in [-0.3, -0.25) is 19.2 Å². The molecule has 1 aliphatic rings. The highest BCUT2D eigenvalue weighted by Gasteiger charge is 2.25. The Morgan fingerprint density at radius 2 is 1.90 bits per heavy atom. The van der Waals surface area contributed by atoms with Gasteiger partial charge in [-0.05, 0) is 18.6 Å². The van der Waals surface area contributed by atoms with Gasteiger partial charge < -0.3 is 14.1 Å². The average Bonchev–Trinajstić information content (AvgIpc) is 3.24. The third kappa shape index (κ3) is 3.67. The van der Waals surface area contributed by atoms with Crippen molar-refractivity contribution >= 4 is 16.6 Å². The molecule has 1 unspecified atom stereocenters. The fraction of sp³-hybridized carbons (Fsp3) is 0.429. The van der Waals surface area contributed by atoms with Crippen LogP contribution in [0.5, 0.6) is 5.75 Å². The van der Waals surface area contributed by atoms with Crippen LogP contribution in [-0.4, -0.2) is 53.8 Å². The number of benzene rings is 1. The molecule has 29 heavy (non-hydrogen) atoms. The second-order valence-electron chi connectivity index (χ2n) is 7.30. The molecule has 0 radical (unpaired) electrons. The Morgan fingerprint density at radius 3 is 2.62 bits per heavy atom. The summed E-state index contributed by atoms with van der Waals surface area (Å²) in [7, 11) is 1.70. The molecule has 4 rings (SSSR count). The van der Waals surface area contributed by atoms with E-state index in [2.05, 4.69) is 27.8 Å². The summed E-state index contributed by atoms with van der Waals surface area (Å²) in [5, 5.41) is 0.403. The summed E-state index contributed by atoms with van der Waals surface area (Å²) in [4.78, 5) is 31.5. The lowest BCUT2D eigenvalue weighted by atomic mass is 10.1. The van der Waals surface area contributed by atoms with Crippen LogP contribution in [-0.2, 0) is 6.54 Å². The molecule has 0 bridgehead atoms. The molecule has 1 fully saturated rings. The summed E-state index contributed by atoms with van der Waals surface area (Å²) in [5.74, 6) is 0.884. The number of anilines is 1. The van der Waals surface area contributed by atoms with Crippen molar-refractivity contribution in [1.82, 2.24) is 14.5 Å². The number of methoxy groups -OCH3 is 1. The van der Waals surface area contributed by atoms with Gasteiger partial charge in [0.25, 0.3) is 5.56 Å². The van der Waals surface area contributed by atoms with Crippen molar-refractivity contribution in [3.05, 3.63) is 57.6 Å². The highest BCUT2D eigenvalue weighted by molar-refractivity contribution is 5.75. The molecule has 3 aromatic rings. The first-order valence-corrected chi connectivity index (χ1v) is 9.93. The van der Waals surface area contributed by atoms with Gasteiger partial charge in [0, 0.05) is 38.8 Å². The number of fused-ring (bicyclic) bond motifs is 1. The number of ether oxygens (including phenoxy) is 1. The first-order valence-electron chi connectivity index (χ1n) is 9.93. The zero-order chi connectivity index (χ0) is 20.4. The maximum absolute atomic E-state index is 12.4. The highest BCUT2D eigenvalue weighted by Crippen LogP contribution is 2.28. The lowest BCUT2D eigenvalue weighted by Gasteiger charge is -2.40. The van der Waals surface area contributed by atoms with E-state index in [1.54, 1.807) is 11.7 Å². The second kappa shape index (κ2) is 8.16. The number of piperazine rings is 1. The molecular formula is C21H26N4O4. The molecule has 1 aliphatic heterocycles. The average molecular weight is 398 g/mol. The van der Waals surface area contributed by atoms with E-state index in [9.17, 15) is 9.59 Å². The summed E-state index contributed by atoms with van der Waals surface area (Å²) < 4.78 is 12.3. The van der Waals surface area contributed by atoms with E-state index < -0.39 is 11.2 Å². The van der Waals surface area contributed by atoms with Crippen LogP contribution < -0.4 is 20.9 Å². The molecule has 0 amide bonds. The fourth-order valence-corrected chi connectivity index (χ4v) is 4.12. The van der Waals surface area contributed by atoms with Crippen LogP contribution in [0, 0.1) is 0 Å². The molecule has 0 spiro atoms. The summed E-state index contributed by atoms with van der Waals surface area (Å²) in [5.41, 5.74) is 0.855. The zero-order valence-electron chi connectivity index (χ0n) is 16.8. The molecule has 0 saturated carbocycles. The van der Waals surface area contributed by atoms with Gasteiger partial charge in [0.15, 0.2) is 0 Å². The van der Waals surface area contributed by atoms with Gasteiger partial charge in [-0.25, -0.2) is 4.79 Å². The van der Waals surface area contributed by atoms with Gasteiger partial charge >= 0.3 is 5.69 Å². The van der Waals surface area contributed by atoms with Gasteiger partial charge in [-0.15, -0.1) is 0 Å². The summed E-state index contributed by atoms with van der Waals surface area (Å²) >= 11 is 0. The molecule has 3 heterocycles. The maximum Gasteiger partial charge on any atom is 0.328 e. The minimum atomic E-state index is -0.409. The molecule has 8 nitrogen and oxygen atoms in total. The number of aromatic amines is 1. The minimum Gasteiger partial charge on any atom is -0.495 e. The fourth-order valence-electron chi connectivity index (χ4n) is 4.12. The minimum absolute atomic E-state index is 0.191. The molecule has 1 aromatic carbocycles. The van der Waals surface area contributed by atoms with E-state index in [0.717, 1.165) is 44.0 Å². The van der Waals surface area contributed by atoms with Crippen LogP contribution in [0.25, 0.3) is 10.9 Å². The molecule has 1 atom stereocenters. The van der Waals surface area contributed by atoms with Crippen LogP contribution >= 0.6 is 0 Å². The number of nitrogens with zero attached hydrogens (tertiary/aromatic N) is 3. The molecule has 0 aliphatic carbocycles. The third-order valence-electron chi connectivity index (χ3n) is 5.76. The van der Waals surface area contributed by atoms with E-state index in [-0.39, 0.29) is 6.04 Å². The number of para-hydroxylation sites is 2. The smallest absolute Gasteiger partial charge is 0.328 e. The molecule has 1 saturated heterocycles. The Balaban J connectivity index is 1.50. The highest BCUT2D eigenvalue weighted by atomic mass is 16.5. The summed E-state index contributed by atoms with van der Waals surface area (Å²) in [6.45, 7) is 6.20. The van der Waals surface area contributed by atoms with Crippen molar-refractivity contribution in [1.29, 1.82) is 0 Å². The van der Waals surface area contributed by atoms with E-state index in [4.69, 9.17) is 9.15 Å².